The maximum Gasteiger partial charge on any atom is 0.337 e. The molecule has 3 aromatic rings. The number of sulfone groups is 1. The molecule has 2 N–H and O–H groups in total. The number of aromatic amines is 1. The summed E-state index contributed by atoms with van der Waals surface area (Å²) in [6, 6.07) is 10.4. The lowest BCUT2D eigenvalue weighted by Crippen LogP contribution is -2.17. The number of nitrogens with zero attached hydrogens (tertiary/aromatic N) is 2. The van der Waals surface area contributed by atoms with Crippen molar-refractivity contribution in [2.24, 2.45) is 4.99 Å². The predicted molar refractivity (Wildman–Crippen MR) is 115 cm³/mol. The highest BCUT2D eigenvalue weighted by Crippen LogP contribution is 2.23. The van der Waals surface area contributed by atoms with Crippen molar-refractivity contribution in [2.45, 2.75) is 18.2 Å². The Kier molecular flexibility index (Phi) is 5.95. The van der Waals surface area contributed by atoms with Crippen LogP contribution < -0.4 is 5.56 Å². The van der Waals surface area contributed by atoms with Crippen molar-refractivity contribution >= 4 is 39.3 Å². The lowest BCUT2D eigenvalue weighted by Gasteiger charge is -2.04. The normalized spacial score (nSPS) is 11.8. The van der Waals surface area contributed by atoms with Crippen LogP contribution in [0.4, 0.5) is 5.69 Å². The third-order valence-electron chi connectivity index (χ3n) is 4.38. The Morgan fingerprint density at radius 2 is 2.00 bits per heavy atom. The molecule has 2 aromatic carbocycles. The fraction of sp³-hybridized carbons (Fsp3) is 0.150. The van der Waals surface area contributed by atoms with Gasteiger partial charge in [0.05, 0.1) is 27.4 Å². The first kappa shape index (κ1) is 21.5. The van der Waals surface area contributed by atoms with E-state index in [9.17, 15) is 23.1 Å². The van der Waals surface area contributed by atoms with Crippen LogP contribution in [0.3, 0.4) is 0 Å². The summed E-state index contributed by atoms with van der Waals surface area (Å²) in [6.45, 7) is 1.86. The molecule has 0 aliphatic carbocycles. The van der Waals surface area contributed by atoms with Crippen LogP contribution in [0.1, 0.15) is 28.5 Å². The van der Waals surface area contributed by atoms with E-state index in [4.69, 9.17) is 11.6 Å². The second-order valence-electron chi connectivity index (χ2n) is 6.49. The first-order valence-electron chi connectivity index (χ1n) is 8.83. The fourth-order valence-corrected chi connectivity index (χ4v) is 3.69. The standard InChI is InChI=1S/C20H18ClN3O5S/c1-3-17-16(19(25)24(23-17)13-6-4-5-12(21)9-13)11-22-18-8-7-14(30(2,28)29)10-15(18)20(26)27/h4-11,23H,3H2,1-2H3,(H,26,27). The minimum atomic E-state index is -3.58. The summed E-state index contributed by atoms with van der Waals surface area (Å²) < 4.78 is 24.7. The summed E-state index contributed by atoms with van der Waals surface area (Å²) in [5.74, 6) is -1.33. The summed E-state index contributed by atoms with van der Waals surface area (Å²) in [6.07, 6.45) is 2.77. The van der Waals surface area contributed by atoms with Crippen LogP contribution in [0.25, 0.3) is 5.69 Å². The number of nitrogens with one attached hydrogen (secondary N) is 1. The Morgan fingerprint density at radius 1 is 1.27 bits per heavy atom. The number of aryl methyl sites for hydroxylation is 1. The number of carbonyl (C=O) groups is 1. The molecular formula is C20H18ClN3O5S. The van der Waals surface area contributed by atoms with Gasteiger partial charge in [-0.1, -0.05) is 24.6 Å². The molecule has 0 unspecified atom stereocenters. The van der Waals surface area contributed by atoms with Gasteiger partial charge in [0.1, 0.15) is 0 Å². The largest absolute Gasteiger partial charge is 0.478 e. The summed E-state index contributed by atoms with van der Waals surface area (Å²) in [4.78, 5) is 28.5. The summed E-state index contributed by atoms with van der Waals surface area (Å²) in [5.41, 5.74) is 0.798. The van der Waals surface area contributed by atoms with Crippen LogP contribution in [0.2, 0.25) is 5.02 Å². The van der Waals surface area contributed by atoms with Crippen LogP contribution in [-0.2, 0) is 16.3 Å². The van der Waals surface area contributed by atoms with Crippen molar-refractivity contribution in [3.8, 4) is 5.69 Å². The quantitative estimate of drug-likeness (QED) is 0.562. The molecule has 0 aliphatic rings. The molecule has 0 fully saturated rings. The van der Waals surface area contributed by atoms with E-state index in [0.29, 0.717) is 22.8 Å². The number of H-pyrrole nitrogens is 1. The van der Waals surface area contributed by atoms with Gasteiger partial charge >= 0.3 is 5.97 Å². The molecule has 0 atom stereocenters. The maximum absolute atomic E-state index is 12.9. The lowest BCUT2D eigenvalue weighted by molar-refractivity contribution is 0.0697. The number of aliphatic imine (C=N–C) groups is 1. The molecule has 0 saturated carbocycles. The number of rotatable bonds is 6. The Labute approximate surface area is 177 Å². The van der Waals surface area contributed by atoms with Crippen LogP contribution in [0.15, 0.2) is 57.1 Å². The zero-order valence-corrected chi connectivity index (χ0v) is 17.7. The molecule has 0 saturated heterocycles. The highest BCUT2D eigenvalue weighted by atomic mass is 35.5. The lowest BCUT2D eigenvalue weighted by atomic mass is 10.2. The molecular weight excluding hydrogens is 430 g/mol. The minimum absolute atomic E-state index is 0.0341. The van der Waals surface area contributed by atoms with Gasteiger partial charge < -0.3 is 5.11 Å². The smallest absolute Gasteiger partial charge is 0.337 e. The van der Waals surface area contributed by atoms with Gasteiger partial charge in [-0.3, -0.25) is 14.9 Å². The second kappa shape index (κ2) is 8.29. The van der Waals surface area contributed by atoms with Gasteiger partial charge in [0.25, 0.3) is 5.56 Å². The fourth-order valence-electron chi connectivity index (χ4n) is 2.86. The molecule has 3 rings (SSSR count). The van der Waals surface area contributed by atoms with E-state index in [-0.39, 0.29) is 27.3 Å². The zero-order valence-electron chi connectivity index (χ0n) is 16.1. The van der Waals surface area contributed by atoms with Gasteiger partial charge in [-0.05, 0) is 42.8 Å². The van der Waals surface area contributed by atoms with E-state index in [1.54, 1.807) is 24.3 Å². The van der Waals surface area contributed by atoms with Crippen molar-refractivity contribution in [3.63, 3.8) is 0 Å². The van der Waals surface area contributed by atoms with E-state index in [2.05, 4.69) is 10.1 Å². The number of benzene rings is 2. The average molecular weight is 448 g/mol. The molecule has 8 nitrogen and oxygen atoms in total. The van der Waals surface area contributed by atoms with Crippen molar-refractivity contribution in [1.82, 2.24) is 9.78 Å². The maximum atomic E-state index is 12.9. The van der Waals surface area contributed by atoms with Gasteiger partial charge in [-0.2, -0.15) is 0 Å². The second-order valence-corrected chi connectivity index (χ2v) is 8.94. The van der Waals surface area contributed by atoms with Crippen LogP contribution in [0, 0.1) is 0 Å². The number of hydrogen-bond donors (Lipinski definition) is 2. The van der Waals surface area contributed by atoms with E-state index in [1.807, 2.05) is 6.92 Å². The first-order valence-corrected chi connectivity index (χ1v) is 11.1. The molecule has 0 radical (unpaired) electrons. The Hall–Kier alpha value is -3.17. The van der Waals surface area contributed by atoms with E-state index < -0.39 is 15.8 Å². The molecule has 1 aromatic heterocycles. The van der Waals surface area contributed by atoms with Crippen LogP contribution >= 0.6 is 11.6 Å². The zero-order chi connectivity index (χ0) is 22.1. The highest BCUT2D eigenvalue weighted by Gasteiger charge is 2.17. The molecule has 0 bridgehead atoms. The topological polar surface area (TPSA) is 122 Å². The molecule has 0 aliphatic heterocycles. The Balaban J connectivity index is 2.09. The van der Waals surface area contributed by atoms with Gasteiger partial charge in [-0.25, -0.2) is 17.9 Å². The van der Waals surface area contributed by atoms with Crippen LogP contribution in [0.5, 0.6) is 0 Å². The minimum Gasteiger partial charge on any atom is -0.478 e. The third kappa shape index (κ3) is 4.37. The highest BCUT2D eigenvalue weighted by molar-refractivity contribution is 7.90. The summed E-state index contributed by atoms with van der Waals surface area (Å²) in [5, 5.41) is 12.9. The first-order chi connectivity index (χ1) is 14.1. The molecule has 10 heteroatoms. The van der Waals surface area contributed by atoms with Crippen molar-refractivity contribution in [1.29, 1.82) is 0 Å². The number of carboxylic acids is 1. The Bertz CT molecular complexity index is 1320. The average Bonchev–Trinajstić information content (AvgIpc) is 3.01. The Morgan fingerprint density at radius 3 is 2.60 bits per heavy atom. The van der Waals surface area contributed by atoms with E-state index in [0.717, 1.165) is 12.3 Å². The monoisotopic (exact) mass is 447 g/mol. The molecule has 156 valence electrons. The molecule has 0 amide bonds. The predicted octanol–water partition coefficient (Wildman–Crippen LogP) is 3.23. The number of halogens is 1. The van der Waals surface area contributed by atoms with Gasteiger partial charge in [0.15, 0.2) is 9.84 Å². The molecule has 0 spiro atoms. The number of hydrogen-bond acceptors (Lipinski definition) is 5. The van der Waals surface area contributed by atoms with Crippen molar-refractivity contribution in [3.05, 3.63) is 74.7 Å². The van der Waals surface area contributed by atoms with E-state index >= 15 is 0 Å². The molecule has 1 heterocycles. The van der Waals surface area contributed by atoms with Crippen LogP contribution in [-0.4, -0.2) is 41.7 Å². The number of aromatic carboxylic acids is 1. The van der Waals surface area contributed by atoms with Crippen molar-refractivity contribution in [2.75, 3.05) is 6.26 Å². The summed E-state index contributed by atoms with van der Waals surface area (Å²) >= 11 is 6.01. The SMILES string of the molecule is CCc1[nH]n(-c2cccc(Cl)c2)c(=O)c1C=Nc1ccc(S(C)(=O)=O)cc1C(=O)O. The number of carboxylic acid groups (broad SMARTS) is 1. The number of aromatic nitrogens is 2. The third-order valence-corrected chi connectivity index (χ3v) is 5.73. The van der Waals surface area contributed by atoms with Gasteiger partial charge in [-0.15, -0.1) is 0 Å². The summed E-state index contributed by atoms with van der Waals surface area (Å²) in [7, 11) is -3.58. The van der Waals surface area contributed by atoms with E-state index in [1.165, 1.54) is 23.0 Å². The molecule has 30 heavy (non-hydrogen) atoms. The van der Waals surface area contributed by atoms with Gasteiger partial charge in [0.2, 0.25) is 0 Å². The van der Waals surface area contributed by atoms with Gasteiger partial charge in [0, 0.05) is 23.2 Å². The van der Waals surface area contributed by atoms with Crippen molar-refractivity contribution < 1.29 is 18.3 Å².